The molecule has 1 aromatic heterocycles. The van der Waals surface area contributed by atoms with Gasteiger partial charge in [0, 0.05) is 35.9 Å². The summed E-state index contributed by atoms with van der Waals surface area (Å²) >= 11 is 0. The minimum Gasteiger partial charge on any atom is -0.394 e. The predicted octanol–water partition coefficient (Wildman–Crippen LogP) is 1.69. The van der Waals surface area contributed by atoms with Gasteiger partial charge in [0.1, 0.15) is 5.82 Å². The van der Waals surface area contributed by atoms with Gasteiger partial charge in [-0.3, -0.25) is 8.89 Å². The summed E-state index contributed by atoms with van der Waals surface area (Å²) in [4.78, 5) is 0. The van der Waals surface area contributed by atoms with Crippen LogP contribution < -0.4 is 11.1 Å². The Kier molecular flexibility index (Phi) is 5.19. The Morgan fingerprint density at radius 3 is 2.50 bits per heavy atom. The molecule has 2 atom stereocenters. The molecule has 2 unspecified atom stereocenters. The molecule has 0 aromatic carbocycles. The standard InChI is InChI=1S/C12H24N4OS/c1-8(2)11-10(13)12(16(4)15-11)14-9(3)6-7-18(5)17/h8-9,14H,6-7,13H2,1-5H3. The molecule has 1 aromatic rings. The van der Waals surface area contributed by atoms with Crippen LogP contribution in [0.2, 0.25) is 0 Å². The van der Waals surface area contributed by atoms with Crippen molar-refractivity contribution >= 4 is 22.3 Å². The third-order valence-corrected chi connectivity index (χ3v) is 3.69. The first kappa shape index (κ1) is 15.0. The molecule has 3 N–H and O–H groups in total. The van der Waals surface area contributed by atoms with Crippen LogP contribution >= 0.6 is 0 Å². The summed E-state index contributed by atoms with van der Waals surface area (Å²) in [6.07, 6.45) is 2.58. The molecule has 0 radical (unpaired) electrons. The predicted molar refractivity (Wildman–Crippen MR) is 78.3 cm³/mol. The normalized spacial score (nSPS) is 14.8. The van der Waals surface area contributed by atoms with E-state index in [1.165, 1.54) is 0 Å². The quantitative estimate of drug-likeness (QED) is 0.826. The summed E-state index contributed by atoms with van der Waals surface area (Å²) in [7, 11) is 1.13. The molecule has 0 aliphatic rings. The maximum atomic E-state index is 11.1. The molecule has 0 fully saturated rings. The fourth-order valence-electron chi connectivity index (χ4n) is 1.81. The van der Waals surface area contributed by atoms with Gasteiger partial charge in [-0.25, -0.2) is 0 Å². The number of rotatable bonds is 6. The van der Waals surface area contributed by atoms with Crippen molar-refractivity contribution in [2.75, 3.05) is 23.1 Å². The number of nitrogens with zero attached hydrogens (tertiary/aromatic N) is 2. The summed E-state index contributed by atoms with van der Waals surface area (Å²) in [5, 5.41) is 7.78. The third kappa shape index (κ3) is 3.73. The van der Waals surface area contributed by atoms with Crippen LogP contribution in [0.1, 0.15) is 38.8 Å². The Morgan fingerprint density at radius 1 is 1.44 bits per heavy atom. The van der Waals surface area contributed by atoms with Crippen LogP contribution in [0.25, 0.3) is 0 Å². The van der Waals surface area contributed by atoms with Gasteiger partial charge in [-0.1, -0.05) is 13.8 Å². The Hall–Kier alpha value is -1.04. The van der Waals surface area contributed by atoms with Crippen molar-refractivity contribution in [1.29, 1.82) is 0 Å². The Balaban J connectivity index is 2.75. The SMILES string of the molecule is CC(CCS(C)=O)Nc1c(N)c(C(C)C)nn1C. The van der Waals surface area contributed by atoms with Gasteiger partial charge in [-0.15, -0.1) is 0 Å². The zero-order valence-corrected chi connectivity index (χ0v) is 12.7. The van der Waals surface area contributed by atoms with E-state index in [0.717, 1.165) is 23.6 Å². The summed E-state index contributed by atoms with van der Waals surface area (Å²) < 4.78 is 12.9. The highest BCUT2D eigenvalue weighted by Crippen LogP contribution is 2.28. The van der Waals surface area contributed by atoms with Crippen molar-refractivity contribution < 1.29 is 4.21 Å². The average molecular weight is 272 g/mol. The van der Waals surface area contributed by atoms with Crippen molar-refractivity contribution in [2.45, 2.75) is 39.2 Å². The van der Waals surface area contributed by atoms with Crippen LogP contribution in [-0.4, -0.2) is 32.0 Å². The largest absolute Gasteiger partial charge is 0.394 e. The van der Waals surface area contributed by atoms with Crippen LogP contribution in [0.4, 0.5) is 11.5 Å². The fraction of sp³-hybridized carbons (Fsp3) is 0.750. The lowest BCUT2D eigenvalue weighted by atomic mass is 10.1. The summed E-state index contributed by atoms with van der Waals surface area (Å²) in [6, 6.07) is 0.228. The number of nitrogen functional groups attached to an aromatic ring is 1. The lowest BCUT2D eigenvalue weighted by Crippen LogP contribution is -2.20. The van der Waals surface area contributed by atoms with Gasteiger partial charge in [-0.05, 0) is 19.3 Å². The fourth-order valence-corrected chi connectivity index (χ4v) is 2.49. The van der Waals surface area contributed by atoms with E-state index in [1.807, 2.05) is 7.05 Å². The van der Waals surface area contributed by atoms with E-state index in [2.05, 4.69) is 31.2 Å². The second-order valence-corrected chi connectivity index (χ2v) is 6.59. The highest BCUT2D eigenvalue weighted by molar-refractivity contribution is 7.84. The second-order valence-electron chi connectivity index (χ2n) is 5.04. The molecule has 104 valence electrons. The highest BCUT2D eigenvalue weighted by atomic mass is 32.2. The van der Waals surface area contributed by atoms with Gasteiger partial charge in [0.15, 0.2) is 0 Å². The minimum atomic E-state index is -0.751. The van der Waals surface area contributed by atoms with Crippen molar-refractivity contribution in [2.24, 2.45) is 7.05 Å². The summed E-state index contributed by atoms with van der Waals surface area (Å²) in [5.74, 6) is 1.86. The second kappa shape index (κ2) is 6.22. The van der Waals surface area contributed by atoms with Crippen LogP contribution in [0.15, 0.2) is 0 Å². The van der Waals surface area contributed by atoms with Crippen molar-refractivity contribution in [3.8, 4) is 0 Å². The summed E-state index contributed by atoms with van der Waals surface area (Å²) in [5.41, 5.74) is 7.75. The smallest absolute Gasteiger partial charge is 0.147 e. The molecule has 0 saturated heterocycles. The molecule has 6 heteroatoms. The number of nitrogens with one attached hydrogen (secondary N) is 1. The first-order valence-corrected chi connectivity index (χ1v) is 7.94. The van der Waals surface area contributed by atoms with Crippen LogP contribution in [0, 0.1) is 0 Å². The topological polar surface area (TPSA) is 72.9 Å². The van der Waals surface area contributed by atoms with E-state index >= 15 is 0 Å². The first-order chi connectivity index (χ1) is 8.32. The molecule has 0 bridgehead atoms. The molecule has 0 aliphatic carbocycles. The molecular weight excluding hydrogens is 248 g/mol. The summed E-state index contributed by atoms with van der Waals surface area (Å²) in [6.45, 7) is 6.21. The minimum absolute atomic E-state index is 0.228. The van der Waals surface area contributed by atoms with Gasteiger partial charge in [0.05, 0.1) is 11.4 Å². The Bertz CT molecular complexity index is 428. The van der Waals surface area contributed by atoms with E-state index in [1.54, 1.807) is 10.9 Å². The van der Waals surface area contributed by atoms with Crippen molar-refractivity contribution in [1.82, 2.24) is 9.78 Å². The van der Waals surface area contributed by atoms with Gasteiger partial charge >= 0.3 is 0 Å². The number of hydrogen-bond acceptors (Lipinski definition) is 4. The molecule has 1 heterocycles. The Morgan fingerprint density at radius 2 is 2.06 bits per heavy atom. The Labute approximate surface area is 112 Å². The number of aryl methyl sites for hydroxylation is 1. The molecule has 1 rings (SSSR count). The molecule has 0 amide bonds. The van der Waals surface area contributed by atoms with E-state index in [9.17, 15) is 4.21 Å². The molecule has 5 nitrogen and oxygen atoms in total. The van der Waals surface area contributed by atoms with E-state index in [4.69, 9.17) is 5.73 Å². The zero-order valence-electron chi connectivity index (χ0n) is 11.9. The van der Waals surface area contributed by atoms with Crippen LogP contribution in [0.5, 0.6) is 0 Å². The first-order valence-electron chi connectivity index (χ1n) is 6.21. The van der Waals surface area contributed by atoms with Gasteiger partial charge < -0.3 is 11.1 Å². The lowest BCUT2D eigenvalue weighted by Gasteiger charge is -2.15. The van der Waals surface area contributed by atoms with Crippen molar-refractivity contribution in [3.63, 3.8) is 0 Å². The highest BCUT2D eigenvalue weighted by Gasteiger charge is 2.17. The molecule has 0 spiro atoms. The lowest BCUT2D eigenvalue weighted by molar-refractivity contribution is 0.674. The van der Waals surface area contributed by atoms with Gasteiger partial charge in [0.25, 0.3) is 0 Å². The molecule has 0 saturated carbocycles. The molecule has 18 heavy (non-hydrogen) atoms. The molecule has 0 aliphatic heterocycles. The van der Waals surface area contributed by atoms with Crippen LogP contribution in [0.3, 0.4) is 0 Å². The maximum absolute atomic E-state index is 11.1. The van der Waals surface area contributed by atoms with Crippen LogP contribution in [-0.2, 0) is 17.8 Å². The monoisotopic (exact) mass is 272 g/mol. The van der Waals surface area contributed by atoms with E-state index in [0.29, 0.717) is 11.7 Å². The molecular formula is C12H24N4OS. The van der Waals surface area contributed by atoms with Gasteiger partial charge in [-0.2, -0.15) is 5.10 Å². The van der Waals surface area contributed by atoms with E-state index in [-0.39, 0.29) is 6.04 Å². The number of anilines is 2. The third-order valence-electron chi connectivity index (χ3n) is 2.88. The maximum Gasteiger partial charge on any atom is 0.147 e. The number of hydrogen-bond donors (Lipinski definition) is 2. The average Bonchev–Trinajstić information content (AvgIpc) is 2.54. The van der Waals surface area contributed by atoms with Gasteiger partial charge in [0.2, 0.25) is 0 Å². The van der Waals surface area contributed by atoms with Crippen molar-refractivity contribution in [3.05, 3.63) is 5.69 Å². The number of nitrogens with two attached hydrogens (primary N) is 1. The number of aromatic nitrogens is 2. The zero-order chi connectivity index (χ0) is 13.9. The van der Waals surface area contributed by atoms with E-state index < -0.39 is 10.8 Å².